The average Bonchev–Trinajstić information content (AvgIpc) is 2.57. The van der Waals surface area contributed by atoms with Gasteiger partial charge < -0.3 is 0 Å². The van der Waals surface area contributed by atoms with Gasteiger partial charge in [0.1, 0.15) is 6.33 Å². The van der Waals surface area contributed by atoms with Gasteiger partial charge in [0.25, 0.3) is 0 Å². The average molecular weight is 281 g/mol. The van der Waals surface area contributed by atoms with Crippen molar-refractivity contribution in [2.24, 2.45) is 0 Å². The first-order chi connectivity index (χ1) is 10.4. The van der Waals surface area contributed by atoms with Crippen molar-refractivity contribution in [3.05, 3.63) is 60.3 Å². The van der Waals surface area contributed by atoms with E-state index in [9.17, 15) is 0 Å². The van der Waals surface area contributed by atoms with Gasteiger partial charge in [0.05, 0.1) is 7.11 Å². The van der Waals surface area contributed by atoms with Gasteiger partial charge in [0, 0.05) is 23.7 Å². The Morgan fingerprint density at radius 3 is 2.76 bits per heavy atom. The standard InChI is InChI=1S/C17H19N3O/c1-21-20-17-7-5-13(6-8-17)14-3-2-4-15(9-14)16-10-18-12-19-11-16/h2-4,7,9-13,20H,5-6,8H2,1H3. The van der Waals surface area contributed by atoms with Gasteiger partial charge in [0.15, 0.2) is 0 Å². The Hall–Kier alpha value is -2.20. The normalized spacial score (nSPS) is 18.1. The molecule has 1 aliphatic rings. The summed E-state index contributed by atoms with van der Waals surface area (Å²) in [6.07, 6.45) is 10.7. The van der Waals surface area contributed by atoms with E-state index in [0.717, 1.165) is 24.8 Å². The Balaban J connectivity index is 1.78. The van der Waals surface area contributed by atoms with Crippen molar-refractivity contribution in [2.45, 2.75) is 25.2 Å². The number of hydrogen-bond donors (Lipinski definition) is 1. The van der Waals surface area contributed by atoms with Crippen molar-refractivity contribution in [1.29, 1.82) is 0 Å². The summed E-state index contributed by atoms with van der Waals surface area (Å²) in [5, 5.41) is 0. The van der Waals surface area contributed by atoms with E-state index < -0.39 is 0 Å². The molecule has 2 aromatic rings. The zero-order valence-corrected chi connectivity index (χ0v) is 12.1. The number of hydroxylamine groups is 1. The summed E-state index contributed by atoms with van der Waals surface area (Å²) in [4.78, 5) is 13.1. The highest BCUT2D eigenvalue weighted by Gasteiger charge is 2.16. The van der Waals surface area contributed by atoms with Crippen LogP contribution in [0.1, 0.15) is 30.7 Å². The Morgan fingerprint density at radius 2 is 2.05 bits per heavy atom. The van der Waals surface area contributed by atoms with Crippen molar-refractivity contribution in [1.82, 2.24) is 15.4 Å². The Kier molecular flexibility index (Phi) is 4.26. The number of nitrogens with zero attached hydrogens (tertiary/aromatic N) is 2. The van der Waals surface area contributed by atoms with Crippen LogP contribution in [0, 0.1) is 0 Å². The molecule has 108 valence electrons. The molecule has 0 saturated carbocycles. The molecule has 1 heterocycles. The molecule has 1 aromatic carbocycles. The van der Waals surface area contributed by atoms with E-state index in [1.807, 2.05) is 12.4 Å². The predicted molar refractivity (Wildman–Crippen MR) is 82.3 cm³/mol. The van der Waals surface area contributed by atoms with E-state index in [1.165, 1.54) is 16.8 Å². The molecule has 0 aliphatic heterocycles. The second-order valence-electron chi connectivity index (χ2n) is 5.26. The molecule has 21 heavy (non-hydrogen) atoms. The monoisotopic (exact) mass is 281 g/mol. The molecule has 0 bridgehead atoms. The van der Waals surface area contributed by atoms with Gasteiger partial charge in [-0.15, -0.1) is 0 Å². The van der Waals surface area contributed by atoms with Crippen molar-refractivity contribution >= 4 is 0 Å². The first-order valence-electron chi connectivity index (χ1n) is 7.20. The molecule has 4 nitrogen and oxygen atoms in total. The summed E-state index contributed by atoms with van der Waals surface area (Å²) in [6.45, 7) is 0. The Morgan fingerprint density at radius 1 is 1.19 bits per heavy atom. The van der Waals surface area contributed by atoms with Crippen LogP contribution in [0.15, 0.2) is 54.8 Å². The molecule has 4 heteroatoms. The molecule has 1 N–H and O–H groups in total. The maximum absolute atomic E-state index is 4.97. The van der Waals surface area contributed by atoms with Gasteiger partial charge in [0.2, 0.25) is 0 Å². The van der Waals surface area contributed by atoms with E-state index >= 15 is 0 Å². The second kappa shape index (κ2) is 6.50. The van der Waals surface area contributed by atoms with Gasteiger partial charge in [-0.25, -0.2) is 9.97 Å². The quantitative estimate of drug-likeness (QED) is 0.872. The predicted octanol–water partition coefficient (Wildman–Crippen LogP) is 3.45. The number of nitrogens with one attached hydrogen (secondary N) is 1. The van der Waals surface area contributed by atoms with Gasteiger partial charge in [-0.1, -0.05) is 30.3 Å². The number of hydrogen-bond acceptors (Lipinski definition) is 4. The Bertz CT molecular complexity index is 625. The minimum Gasteiger partial charge on any atom is -0.280 e. The SMILES string of the molecule is CONC1=CCC(c2cccc(-c3cncnc3)c2)CC1. The first kappa shape index (κ1) is 13.8. The summed E-state index contributed by atoms with van der Waals surface area (Å²) in [5.41, 5.74) is 7.74. The molecular weight excluding hydrogens is 262 g/mol. The van der Waals surface area contributed by atoms with Crippen LogP contribution in [-0.4, -0.2) is 17.1 Å². The van der Waals surface area contributed by atoms with Gasteiger partial charge in [-0.3, -0.25) is 10.3 Å². The van der Waals surface area contributed by atoms with E-state index in [-0.39, 0.29) is 0 Å². The van der Waals surface area contributed by atoms with Crippen molar-refractivity contribution in [3.63, 3.8) is 0 Å². The Labute approximate surface area is 124 Å². The smallest absolute Gasteiger partial charge is 0.115 e. The van der Waals surface area contributed by atoms with Crippen LogP contribution in [-0.2, 0) is 4.84 Å². The number of allylic oxidation sites excluding steroid dienone is 2. The van der Waals surface area contributed by atoms with Crippen molar-refractivity contribution in [3.8, 4) is 11.1 Å². The van der Waals surface area contributed by atoms with E-state index in [2.05, 4.69) is 45.8 Å². The fourth-order valence-corrected chi connectivity index (χ4v) is 2.78. The maximum atomic E-state index is 4.97. The molecule has 1 atom stereocenters. The third-order valence-electron chi connectivity index (χ3n) is 3.90. The van der Waals surface area contributed by atoms with Crippen LogP contribution in [0.5, 0.6) is 0 Å². The zero-order valence-electron chi connectivity index (χ0n) is 12.1. The minimum atomic E-state index is 0.567. The molecule has 3 rings (SSSR count). The van der Waals surface area contributed by atoms with E-state index in [0.29, 0.717) is 5.92 Å². The third-order valence-corrected chi connectivity index (χ3v) is 3.90. The second-order valence-corrected chi connectivity index (χ2v) is 5.26. The summed E-state index contributed by atoms with van der Waals surface area (Å²) >= 11 is 0. The molecule has 0 saturated heterocycles. The van der Waals surface area contributed by atoms with Gasteiger partial charge in [-0.05, 0) is 36.3 Å². The fourth-order valence-electron chi connectivity index (χ4n) is 2.78. The maximum Gasteiger partial charge on any atom is 0.115 e. The number of rotatable bonds is 4. The fraction of sp³-hybridized carbons (Fsp3) is 0.294. The summed E-state index contributed by atoms with van der Waals surface area (Å²) in [6, 6.07) is 8.69. The molecule has 1 aromatic heterocycles. The van der Waals surface area contributed by atoms with E-state index in [1.54, 1.807) is 13.4 Å². The first-order valence-corrected chi connectivity index (χ1v) is 7.20. The van der Waals surface area contributed by atoms with Crippen LogP contribution >= 0.6 is 0 Å². The highest BCUT2D eigenvalue weighted by Crippen LogP contribution is 2.33. The highest BCUT2D eigenvalue weighted by molar-refractivity contribution is 5.62. The lowest BCUT2D eigenvalue weighted by molar-refractivity contribution is 0.113. The van der Waals surface area contributed by atoms with Crippen LogP contribution in [0.25, 0.3) is 11.1 Å². The van der Waals surface area contributed by atoms with Crippen LogP contribution < -0.4 is 5.48 Å². The van der Waals surface area contributed by atoms with Gasteiger partial charge >= 0.3 is 0 Å². The molecule has 1 unspecified atom stereocenters. The van der Waals surface area contributed by atoms with Crippen LogP contribution in [0.4, 0.5) is 0 Å². The van der Waals surface area contributed by atoms with Crippen LogP contribution in [0.3, 0.4) is 0 Å². The lowest BCUT2D eigenvalue weighted by Crippen LogP contribution is -2.15. The molecule has 0 radical (unpaired) electrons. The molecule has 0 spiro atoms. The largest absolute Gasteiger partial charge is 0.280 e. The van der Waals surface area contributed by atoms with Crippen LogP contribution in [0.2, 0.25) is 0 Å². The minimum absolute atomic E-state index is 0.567. The molecule has 0 amide bonds. The summed E-state index contributed by atoms with van der Waals surface area (Å²) < 4.78 is 0. The number of benzene rings is 1. The topological polar surface area (TPSA) is 47.0 Å². The summed E-state index contributed by atoms with van der Waals surface area (Å²) in [5.74, 6) is 0.567. The molecular formula is C17H19N3O. The van der Waals surface area contributed by atoms with Gasteiger partial charge in [-0.2, -0.15) is 0 Å². The summed E-state index contributed by atoms with van der Waals surface area (Å²) in [7, 11) is 1.65. The lowest BCUT2D eigenvalue weighted by atomic mass is 9.85. The zero-order chi connectivity index (χ0) is 14.5. The molecule has 1 aliphatic carbocycles. The number of aromatic nitrogens is 2. The third kappa shape index (κ3) is 3.28. The van der Waals surface area contributed by atoms with Crippen molar-refractivity contribution in [2.75, 3.05) is 7.11 Å². The van der Waals surface area contributed by atoms with Crippen molar-refractivity contribution < 1.29 is 4.84 Å². The van der Waals surface area contributed by atoms with E-state index in [4.69, 9.17) is 4.84 Å². The molecule has 0 fully saturated rings. The highest BCUT2D eigenvalue weighted by atomic mass is 16.6. The lowest BCUT2D eigenvalue weighted by Gasteiger charge is -2.22.